The Bertz CT molecular complexity index is 1300. The molecule has 4 rings (SSSR count). The first-order valence-corrected chi connectivity index (χ1v) is 10.2. The van der Waals surface area contributed by atoms with Gasteiger partial charge in [0.2, 0.25) is 5.91 Å². The third kappa shape index (κ3) is 4.02. The molecule has 2 heterocycles. The van der Waals surface area contributed by atoms with E-state index in [1.165, 1.54) is 13.1 Å². The molecule has 0 atom stereocenters. The molecule has 2 N–H and O–H groups in total. The Balaban J connectivity index is 1.48. The molecule has 9 heteroatoms. The molecule has 0 bridgehead atoms. The molecule has 2 aromatic carbocycles. The first-order chi connectivity index (χ1) is 15.2. The van der Waals surface area contributed by atoms with Crippen LogP contribution in [-0.4, -0.2) is 57.1 Å². The smallest absolute Gasteiger partial charge is 0.261 e. The van der Waals surface area contributed by atoms with E-state index in [1.807, 2.05) is 24.8 Å². The molecule has 0 fully saturated rings. The van der Waals surface area contributed by atoms with Gasteiger partial charge in [0.15, 0.2) is 0 Å². The number of amides is 3. The second-order valence-corrected chi connectivity index (χ2v) is 8.01. The topological polar surface area (TPSA) is 115 Å². The molecule has 1 aliphatic heterocycles. The Morgan fingerprint density at radius 3 is 2.56 bits per heavy atom. The molecule has 3 aromatic rings. The van der Waals surface area contributed by atoms with Crippen molar-refractivity contribution in [2.45, 2.75) is 26.4 Å². The van der Waals surface area contributed by atoms with Gasteiger partial charge in [-0.2, -0.15) is 0 Å². The van der Waals surface area contributed by atoms with Crippen LogP contribution in [0.2, 0.25) is 0 Å². The molecule has 164 valence electrons. The highest BCUT2D eigenvalue weighted by Gasteiger charge is 2.32. The van der Waals surface area contributed by atoms with Crippen LogP contribution in [0.25, 0.3) is 10.9 Å². The molecule has 0 spiro atoms. The van der Waals surface area contributed by atoms with Gasteiger partial charge >= 0.3 is 0 Å². The predicted molar refractivity (Wildman–Crippen MR) is 119 cm³/mol. The summed E-state index contributed by atoms with van der Waals surface area (Å²) < 4.78 is 0. The van der Waals surface area contributed by atoms with Gasteiger partial charge in [0, 0.05) is 18.8 Å². The van der Waals surface area contributed by atoms with E-state index in [0.717, 1.165) is 4.90 Å². The third-order valence-electron chi connectivity index (χ3n) is 5.47. The number of benzene rings is 2. The van der Waals surface area contributed by atoms with E-state index in [9.17, 15) is 19.2 Å². The molecular weight excluding hydrogens is 410 g/mol. The van der Waals surface area contributed by atoms with Crippen molar-refractivity contribution in [3.05, 3.63) is 69.8 Å². The van der Waals surface area contributed by atoms with E-state index in [-0.39, 0.29) is 42.1 Å². The van der Waals surface area contributed by atoms with Crippen LogP contribution in [0.3, 0.4) is 0 Å². The number of para-hydroxylation sites is 1. The maximum absolute atomic E-state index is 12.7. The lowest BCUT2D eigenvalue weighted by Crippen LogP contribution is -2.38. The Hall–Kier alpha value is -3.85. The van der Waals surface area contributed by atoms with Gasteiger partial charge < -0.3 is 10.3 Å². The summed E-state index contributed by atoms with van der Waals surface area (Å²) in [5, 5.41) is 3.29. The highest BCUT2D eigenvalue weighted by Crippen LogP contribution is 2.24. The average molecular weight is 433 g/mol. The standard InChI is InChI=1S/C23H23N5O4/c1-13(2)28(11-19-25-18-7-5-4-6-16(18)21(30)26-19)12-20(29)24-14-8-9-15-17(10-14)23(32)27(3)22(15)31/h4-10,13H,11-12H2,1-3H3,(H,24,29)(H,25,26,30). The lowest BCUT2D eigenvalue weighted by molar-refractivity contribution is -0.117. The number of hydrogen-bond donors (Lipinski definition) is 2. The van der Waals surface area contributed by atoms with Gasteiger partial charge in [-0.25, -0.2) is 4.98 Å². The zero-order valence-electron chi connectivity index (χ0n) is 18.0. The van der Waals surface area contributed by atoms with Crippen LogP contribution < -0.4 is 10.9 Å². The summed E-state index contributed by atoms with van der Waals surface area (Å²) in [5.41, 5.74) is 1.41. The Labute approximate surface area is 184 Å². The van der Waals surface area contributed by atoms with Crippen LogP contribution in [0, 0.1) is 0 Å². The Morgan fingerprint density at radius 1 is 1.09 bits per heavy atom. The Kier molecular flexibility index (Phi) is 5.58. The number of fused-ring (bicyclic) bond motifs is 2. The molecule has 0 saturated heterocycles. The van der Waals surface area contributed by atoms with Crippen LogP contribution in [0.15, 0.2) is 47.3 Å². The maximum Gasteiger partial charge on any atom is 0.261 e. The van der Waals surface area contributed by atoms with E-state index in [4.69, 9.17) is 0 Å². The monoisotopic (exact) mass is 433 g/mol. The predicted octanol–water partition coefficient (Wildman–Crippen LogP) is 2.00. The van der Waals surface area contributed by atoms with Crippen molar-refractivity contribution in [3.63, 3.8) is 0 Å². The quantitative estimate of drug-likeness (QED) is 0.575. The number of H-pyrrole nitrogens is 1. The van der Waals surface area contributed by atoms with Gasteiger partial charge in [-0.1, -0.05) is 12.1 Å². The number of anilines is 1. The minimum Gasteiger partial charge on any atom is -0.325 e. The summed E-state index contributed by atoms with van der Waals surface area (Å²) in [7, 11) is 1.43. The second-order valence-electron chi connectivity index (χ2n) is 8.01. The molecule has 0 unspecified atom stereocenters. The van der Waals surface area contributed by atoms with Gasteiger partial charge in [0.1, 0.15) is 5.82 Å². The maximum atomic E-state index is 12.7. The van der Waals surface area contributed by atoms with E-state index < -0.39 is 5.91 Å². The summed E-state index contributed by atoms with van der Waals surface area (Å²) in [6.45, 7) is 4.23. The minimum absolute atomic E-state index is 0.00499. The van der Waals surface area contributed by atoms with Crippen molar-refractivity contribution in [1.29, 1.82) is 0 Å². The fourth-order valence-corrected chi connectivity index (χ4v) is 3.65. The molecule has 32 heavy (non-hydrogen) atoms. The highest BCUT2D eigenvalue weighted by atomic mass is 16.2. The summed E-state index contributed by atoms with van der Waals surface area (Å²) in [6, 6.07) is 11.7. The van der Waals surface area contributed by atoms with Gasteiger partial charge in [-0.15, -0.1) is 0 Å². The number of nitrogens with zero attached hydrogens (tertiary/aromatic N) is 3. The van der Waals surface area contributed by atoms with Crippen LogP contribution in [-0.2, 0) is 11.3 Å². The molecule has 3 amide bonds. The lowest BCUT2D eigenvalue weighted by atomic mass is 10.1. The summed E-state index contributed by atoms with van der Waals surface area (Å²) in [6.07, 6.45) is 0. The number of carbonyl (C=O) groups excluding carboxylic acids is 3. The fourth-order valence-electron chi connectivity index (χ4n) is 3.65. The first kappa shape index (κ1) is 21.4. The SMILES string of the molecule is CC(C)N(CC(=O)Nc1ccc2c(c1)C(=O)N(C)C2=O)Cc1nc2ccccc2c(=O)[nH]1. The lowest BCUT2D eigenvalue weighted by Gasteiger charge is -2.25. The zero-order chi connectivity index (χ0) is 23.0. The van der Waals surface area contributed by atoms with Gasteiger partial charge in [0.05, 0.1) is 35.1 Å². The van der Waals surface area contributed by atoms with Crippen molar-refractivity contribution < 1.29 is 14.4 Å². The van der Waals surface area contributed by atoms with Crippen LogP contribution in [0.5, 0.6) is 0 Å². The number of rotatable bonds is 6. The number of carbonyl (C=O) groups is 3. The number of hydrogen-bond acceptors (Lipinski definition) is 6. The van der Waals surface area contributed by atoms with Crippen molar-refractivity contribution in [3.8, 4) is 0 Å². The van der Waals surface area contributed by atoms with Crippen molar-refractivity contribution in [1.82, 2.24) is 19.8 Å². The average Bonchev–Trinajstić information content (AvgIpc) is 2.97. The molecule has 0 aliphatic carbocycles. The Morgan fingerprint density at radius 2 is 1.81 bits per heavy atom. The molecule has 9 nitrogen and oxygen atoms in total. The number of aromatic amines is 1. The third-order valence-corrected chi connectivity index (χ3v) is 5.47. The van der Waals surface area contributed by atoms with E-state index >= 15 is 0 Å². The number of nitrogens with one attached hydrogen (secondary N) is 2. The van der Waals surface area contributed by atoms with E-state index in [2.05, 4.69) is 15.3 Å². The van der Waals surface area contributed by atoms with Crippen molar-refractivity contribution >= 4 is 34.3 Å². The highest BCUT2D eigenvalue weighted by molar-refractivity contribution is 6.21. The van der Waals surface area contributed by atoms with Gasteiger partial charge in [-0.05, 0) is 44.2 Å². The van der Waals surface area contributed by atoms with Gasteiger partial charge in [-0.3, -0.25) is 29.0 Å². The molecule has 0 radical (unpaired) electrons. The minimum atomic E-state index is -0.392. The number of aromatic nitrogens is 2. The van der Waals surface area contributed by atoms with Crippen molar-refractivity contribution in [2.75, 3.05) is 18.9 Å². The van der Waals surface area contributed by atoms with E-state index in [1.54, 1.807) is 30.3 Å². The normalized spacial score (nSPS) is 13.3. The molecule has 0 saturated carbocycles. The van der Waals surface area contributed by atoms with Crippen LogP contribution >= 0.6 is 0 Å². The number of imide groups is 1. The fraction of sp³-hybridized carbons (Fsp3) is 0.261. The van der Waals surface area contributed by atoms with Crippen LogP contribution in [0.4, 0.5) is 5.69 Å². The molecular formula is C23H23N5O4. The molecule has 1 aromatic heterocycles. The van der Waals surface area contributed by atoms with Crippen molar-refractivity contribution in [2.24, 2.45) is 0 Å². The van der Waals surface area contributed by atoms with E-state index in [0.29, 0.717) is 28.0 Å². The summed E-state index contributed by atoms with van der Waals surface area (Å²) in [5.74, 6) is -0.561. The van der Waals surface area contributed by atoms with Gasteiger partial charge in [0.25, 0.3) is 17.4 Å². The second kappa shape index (κ2) is 8.35. The largest absolute Gasteiger partial charge is 0.325 e. The zero-order valence-corrected chi connectivity index (χ0v) is 18.0. The summed E-state index contributed by atoms with van der Waals surface area (Å²) in [4.78, 5) is 59.5. The van der Waals surface area contributed by atoms with Crippen LogP contribution in [0.1, 0.15) is 40.4 Å². The first-order valence-electron chi connectivity index (χ1n) is 10.2. The summed E-state index contributed by atoms with van der Waals surface area (Å²) >= 11 is 0. The molecule has 1 aliphatic rings.